The topological polar surface area (TPSA) is 145 Å². The Morgan fingerprint density at radius 2 is 1.75 bits per heavy atom. The molecule has 3 amide bonds. The number of aliphatic hydroxyl groups is 1. The van der Waals surface area contributed by atoms with Gasteiger partial charge in [0.25, 0.3) is 0 Å². The van der Waals surface area contributed by atoms with Crippen LogP contribution in [0.5, 0.6) is 5.75 Å². The molecule has 40 heavy (non-hydrogen) atoms. The number of phenolic OH excluding ortho intramolecular Hbond substituents is 1. The highest BCUT2D eigenvalue weighted by Gasteiger charge is 2.35. The highest BCUT2D eigenvalue weighted by atomic mass is 79.9. The van der Waals surface area contributed by atoms with Gasteiger partial charge in [-0.25, -0.2) is 4.79 Å². The van der Waals surface area contributed by atoms with E-state index in [1.165, 1.54) is 24.9 Å². The number of halogens is 1. The summed E-state index contributed by atoms with van der Waals surface area (Å²) >= 11 is 3.26. The Balaban J connectivity index is 2.48. The molecular weight excluding hydrogens is 582 g/mol. The van der Waals surface area contributed by atoms with Crippen LogP contribution in [0.1, 0.15) is 59.9 Å². The molecule has 10 nitrogen and oxygen atoms in total. The molecule has 0 fully saturated rings. The summed E-state index contributed by atoms with van der Waals surface area (Å²) < 4.78 is 6.00. The summed E-state index contributed by atoms with van der Waals surface area (Å²) in [6.07, 6.45) is 1.30. The lowest BCUT2D eigenvalue weighted by Gasteiger charge is -2.32. The number of aromatic hydroxyl groups is 1. The zero-order chi connectivity index (χ0) is 30.3. The van der Waals surface area contributed by atoms with Gasteiger partial charge < -0.3 is 30.5 Å². The summed E-state index contributed by atoms with van der Waals surface area (Å²) in [7, 11) is 1.44. The van der Waals surface area contributed by atoms with Crippen molar-refractivity contribution in [3.8, 4) is 5.75 Å². The number of likely N-dealkylation sites (N-methyl/N-ethyl adjacent to an activating group) is 1. The molecule has 0 saturated heterocycles. The third-order valence-electron chi connectivity index (χ3n) is 6.99. The number of nitrogens with one attached hydrogen (secondary N) is 2. The van der Waals surface area contributed by atoms with Crippen LogP contribution in [0.4, 0.5) is 0 Å². The summed E-state index contributed by atoms with van der Waals surface area (Å²) in [5.41, 5.74) is 1.62. The van der Waals surface area contributed by atoms with Crippen LogP contribution < -0.4 is 10.6 Å². The number of ether oxygens (including phenoxy) is 1. The monoisotopic (exact) mass is 623 g/mol. The maximum atomic E-state index is 13.6. The number of nitrogens with zero attached hydrogens (tertiary/aromatic N) is 1. The van der Waals surface area contributed by atoms with Gasteiger partial charge >= 0.3 is 5.97 Å². The fourth-order valence-corrected chi connectivity index (χ4v) is 5.28. The van der Waals surface area contributed by atoms with Crippen molar-refractivity contribution in [1.82, 2.24) is 15.5 Å². The third kappa shape index (κ3) is 9.33. The number of benzene rings is 1. The van der Waals surface area contributed by atoms with Crippen LogP contribution in [0.15, 0.2) is 34.3 Å². The molecule has 0 aromatic heterocycles. The molecule has 0 saturated carbocycles. The SMILES string of the molecule is CC1=CC(C)CC(C)OC(=O)C(C(C)O)NC(=O)C(Cc2ccc(O)c(Br)c2)N(C)C(=O)C(C)NC(=O)C(C)C1. The minimum absolute atomic E-state index is 0.0123. The second kappa shape index (κ2) is 14.6. The average Bonchev–Trinajstić information content (AvgIpc) is 2.85. The number of amides is 3. The molecule has 1 aromatic rings. The first kappa shape index (κ1) is 33.3. The Hall–Kier alpha value is -2.92. The Morgan fingerprint density at radius 1 is 1.10 bits per heavy atom. The number of aliphatic hydroxyl groups excluding tert-OH is 1. The number of esters is 1. The molecule has 1 heterocycles. The van der Waals surface area contributed by atoms with Crippen LogP contribution in [-0.4, -0.2) is 76.2 Å². The van der Waals surface area contributed by atoms with E-state index < -0.39 is 54.0 Å². The average molecular weight is 625 g/mol. The van der Waals surface area contributed by atoms with E-state index in [1.54, 1.807) is 32.9 Å². The number of cyclic esters (lactones) is 1. The first-order chi connectivity index (χ1) is 18.6. The predicted octanol–water partition coefficient (Wildman–Crippen LogP) is 2.84. The number of hydrogen-bond donors (Lipinski definition) is 4. The molecule has 4 N–H and O–H groups in total. The highest BCUT2D eigenvalue weighted by molar-refractivity contribution is 9.10. The van der Waals surface area contributed by atoms with Crippen molar-refractivity contribution in [2.45, 2.75) is 91.1 Å². The van der Waals surface area contributed by atoms with E-state index in [0.717, 1.165) is 5.57 Å². The molecule has 0 bridgehead atoms. The summed E-state index contributed by atoms with van der Waals surface area (Å²) in [6.45, 7) is 10.4. The fraction of sp³-hybridized carbons (Fsp3) is 0.586. The lowest BCUT2D eigenvalue weighted by Crippen LogP contribution is -2.58. The van der Waals surface area contributed by atoms with Crippen molar-refractivity contribution in [1.29, 1.82) is 0 Å². The first-order valence-corrected chi connectivity index (χ1v) is 14.3. The Kier molecular flexibility index (Phi) is 12.2. The van der Waals surface area contributed by atoms with Gasteiger partial charge in [-0.2, -0.15) is 0 Å². The van der Waals surface area contributed by atoms with Crippen LogP contribution in [0.25, 0.3) is 0 Å². The molecule has 0 radical (unpaired) electrons. The smallest absolute Gasteiger partial charge is 0.331 e. The number of carbonyl (C=O) groups excluding carboxylic acids is 4. The minimum atomic E-state index is -1.36. The van der Waals surface area contributed by atoms with Crippen molar-refractivity contribution in [3.63, 3.8) is 0 Å². The number of allylic oxidation sites excluding steroid dienone is 2. The molecule has 0 aliphatic carbocycles. The van der Waals surface area contributed by atoms with E-state index in [9.17, 15) is 29.4 Å². The van der Waals surface area contributed by atoms with Gasteiger partial charge in [-0.1, -0.05) is 31.6 Å². The van der Waals surface area contributed by atoms with E-state index >= 15 is 0 Å². The van der Waals surface area contributed by atoms with Gasteiger partial charge in [-0.3, -0.25) is 14.4 Å². The van der Waals surface area contributed by atoms with Gasteiger partial charge in [0.15, 0.2) is 6.04 Å². The van der Waals surface area contributed by atoms with Gasteiger partial charge in [-0.15, -0.1) is 0 Å². The first-order valence-electron chi connectivity index (χ1n) is 13.5. The number of carbonyl (C=O) groups is 4. The zero-order valence-electron chi connectivity index (χ0n) is 24.2. The normalized spacial score (nSPS) is 28.9. The van der Waals surface area contributed by atoms with E-state index in [4.69, 9.17) is 4.74 Å². The molecule has 7 unspecified atom stereocenters. The molecule has 222 valence electrons. The summed E-state index contributed by atoms with van der Waals surface area (Å²) in [5, 5.41) is 25.6. The van der Waals surface area contributed by atoms with Crippen LogP contribution in [0, 0.1) is 11.8 Å². The van der Waals surface area contributed by atoms with Crippen LogP contribution in [0.3, 0.4) is 0 Å². The number of hydrogen-bond acceptors (Lipinski definition) is 7. The summed E-state index contributed by atoms with van der Waals surface area (Å²) in [6, 6.07) is 1.29. The fourth-order valence-electron chi connectivity index (χ4n) is 4.85. The van der Waals surface area contributed by atoms with Crippen molar-refractivity contribution < 1.29 is 34.1 Å². The van der Waals surface area contributed by atoms with Crippen molar-refractivity contribution in [3.05, 3.63) is 39.9 Å². The Labute approximate surface area is 244 Å². The van der Waals surface area contributed by atoms with Gasteiger partial charge in [-0.05, 0) is 80.1 Å². The van der Waals surface area contributed by atoms with Crippen molar-refractivity contribution in [2.75, 3.05) is 7.05 Å². The number of phenols is 1. The zero-order valence-corrected chi connectivity index (χ0v) is 25.8. The predicted molar refractivity (Wildman–Crippen MR) is 154 cm³/mol. The Morgan fingerprint density at radius 3 is 2.35 bits per heavy atom. The van der Waals surface area contributed by atoms with Crippen molar-refractivity contribution >= 4 is 39.6 Å². The Bertz CT molecular complexity index is 1120. The van der Waals surface area contributed by atoms with E-state index in [1.807, 2.05) is 19.9 Å². The quantitative estimate of drug-likeness (QED) is 0.299. The van der Waals surface area contributed by atoms with Crippen LogP contribution in [0.2, 0.25) is 0 Å². The van der Waals surface area contributed by atoms with Gasteiger partial charge in [0.05, 0.1) is 16.7 Å². The minimum Gasteiger partial charge on any atom is -0.507 e. The van der Waals surface area contributed by atoms with Gasteiger partial charge in [0.1, 0.15) is 17.8 Å². The maximum Gasteiger partial charge on any atom is 0.331 e. The van der Waals surface area contributed by atoms with Crippen LogP contribution in [-0.2, 0) is 30.3 Å². The molecule has 2 rings (SSSR count). The molecule has 1 aliphatic rings. The molecule has 0 spiro atoms. The largest absolute Gasteiger partial charge is 0.507 e. The molecule has 1 aromatic carbocycles. The highest BCUT2D eigenvalue weighted by Crippen LogP contribution is 2.25. The van der Waals surface area contributed by atoms with Gasteiger partial charge in [0.2, 0.25) is 17.7 Å². The van der Waals surface area contributed by atoms with Crippen LogP contribution >= 0.6 is 15.9 Å². The van der Waals surface area contributed by atoms with E-state index in [0.29, 0.717) is 22.9 Å². The molecule has 1 aliphatic heterocycles. The maximum absolute atomic E-state index is 13.6. The summed E-state index contributed by atoms with van der Waals surface area (Å²) in [5.74, 6) is -2.59. The lowest BCUT2D eigenvalue weighted by molar-refractivity contribution is -0.156. The second-order valence-corrected chi connectivity index (χ2v) is 11.8. The van der Waals surface area contributed by atoms with E-state index in [2.05, 4.69) is 26.6 Å². The van der Waals surface area contributed by atoms with Crippen molar-refractivity contribution in [2.24, 2.45) is 11.8 Å². The molecular formula is C29H42BrN3O7. The second-order valence-electron chi connectivity index (χ2n) is 11.0. The molecule has 11 heteroatoms. The van der Waals surface area contributed by atoms with Gasteiger partial charge in [0, 0.05) is 19.4 Å². The molecule has 7 atom stereocenters. The lowest BCUT2D eigenvalue weighted by atomic mass is 9.95. The summed E-state index contributed by atoms with van der Waals surface area (Å²) in [4.78, 5) is 54.2. The number of rotatable bonds is 3. The van der Waals surface area contributed by atoms with E-state index in [-0.39, 0.29) is 24.0 Å². The third-order valence-corrected chi connectivity index (χ3v) is 7.62. The standard InChI is InChI=1S/C29H42BrN3O7/c1-15-10-16(2)12-18(4)40-29(39)25(20(6)34)32-27(37)23(14-21-8-9-24(35)22(30)13-21)33(7)28(38)19(5)31-26(36)17(3)11-15/h8-10,13,16-20,23,25,34-35H,11-12,14H2,1-7H3,(H,31,36)(H,32,37).